The van der Waals surface area contributed by atoms with Crippen LogP contribution in [0, 0.1) is 5.92 Å². The minimum Gasteiger partial charge on any atom is -0.312 e. The van der Waals surface area contributed by atoms with Gasteiger partial charge in [0.25, 0.3) is 0 Å². The van der Waals surface area contributed by atoms with Crippen LogP contribution in [0.3, 0.4) is 0 Å². The molecule has 14 heavy (non-hydrogen) atoms. The fraction of sp³-hybridized carbons (Fsp3) is 0.600. The van der Waals surface area contributed by atoms with Crippen LogP contribution in [-0.4, -0.2) is 6.54 Å². The maximum atomic E-state index is 3.50. The summed E-state index contributed by atoms with van der Waals surface area (Å²) in [5, 5.41) is 3.48. The number of hydrogen-bond donors (Lipinski definition) is 1. The fourth-order valence-electron chi connectivity index (χ4n) is 1.40. The molecule has 1 saturated carbocycles. The van der Waals surface area contributed by atoms with Gasteiger partial charge in [-0.1, -0.05) is 12.8 Å². The lowest BCUT2D eigenvalue weighted by atomic mass is 10.3. The molecule has 0 amide bonds. The largest absolute Gasteiger partial charge is 0.312 e. The summed E-state index contributed by atoms with van der Waals surface area (Å²) in [5.41, 5.74) is 0. The molecule has 1 N–H and O–H groups in total. The molecule has 0 aromatic carbocycles. The van der Waals surface area contributed by atoms with Gasteiger partial charge in [0, 0.05) is 15.9 Å². The number of nitrogens with one attached hydrogen (secondary N) is 1. The molecular weight excluding hydrogens is 326 g/mol. The first kappa shape index (κ1) is 11.1. The summed E-state index contributed by atoms with van der Waals surface area (Å²) in [4.78, 5) is 1.39. The van der Waals surface area contributed by atoms with E-state index in [4.69, 9.17) is 0 Å². The molecule has 1 heterocycles. The Morgan fingerprint density at radius 1 is 1.43 bits per heavy atom. The SMILES string of the molecule is Brc1cc(CNCCC2CC2)sc1Br. The molecule has 78 valence electrons. The van der Waals surface area contributed by atoms with Gasteiger partial charge in [0.2, 0.25) is 0 Å². The molecule has 0 spiro atoms. The Labute approximate surface area is 106 Å². The van der Waals surface area contributed by atoms with E-state index in [-0.39, 0.29) is 0 Å². The van der Waals surface area contributed by atoms with Crippen molar-refractivity contribution < 1.29 is 0 Å². The van der Waals surface area contributed by atoms with Crippen molar-refractivity contribution >= 4 is 43.2 Å². The van der Waals surface area contributed by atoms with Gasteiger partial charge in [0.1, 0.15) is 0 Å². The van der Waals surface area contributed by atoms with Crippen molar-refractivity contribution in [2.24, 2.45) is 5.92 Å². The van der Waals surface area contributed by atoms with Crippen LogP contribution < -0.4 is 5.32 Å². The van der Waals surface area contributed by atoms with Gasteiger partial charge in [-0.3, -0.25) is 0 Å². The smallest absolute Gasteiger partial charge is 0.0843 e. The van der Waals surface area contributed by atoms with Gasteiger partial charge in [-0.25, -0.2) is 0 Å². The number of halogens is 2. The topological polar surface area (TPSA) is 12.0 Å². The van der Waals surface area contributed by atoms with Crippen molar-refractivity contribution in [2.75, 3.05) is 6.54 Å². The highest BCUT2D eigenvalue weighted by molar-refractivity contribution is 9.13. The zero-order valence-corrected chi connectivity index (χ0v) is 11.8. The summed E-state index contributed by atoms with van der Waals surface area (Å²) in [5.74, 6) is 1.03. The van der Waals surface area contributed by atoms with Crippen molar-refractivity contribution in [2.45, 2.75) is 25.8 Å². The lowest BCUT2D eigenvalue weighted by Gasteiger charge is -2.00. The van der Waals surface area contributed by atoms with Gasteiger partial charge in [-0.2, -0.15) is 0 Å². The summed E-state index contributed by atoms with van der Waals surface area (Å²) in [6, 6.07) is 2.18. The van der Waals surface area contributed by atoms with E-state index in [1.165, 1.54) is 32.4 Å². The molecule has 0 bridgehead atoms. The highest BCUT2D eigenvalue weighted by atomic mass is 79.9. The highest BCUT2D eigenvalue weighted by Gasteiger charge is 2.19. The first-order valence-electron chi connectivity index (χ1n) is 4.90. The maximum absolute atomic E-state index is 3.50. The van der Waals surface area contributed by atoms with Gasteiger partial charge < -0.3 is 5.32 Å². The Kier molecular flexibility index (Phi) is 4.05. The van der Waals surface area contributed by atoms with Crippen LogP contribution in [0.15, 0.2) is 14.3 Å². The average Bonchev–Trinajstić information content (AvgIpc) is 2.90. The van der Waals surface area contributed by atoms with Crippen LogP contribution in [0.5, 0.6) is 0 Å². The molecule has 0 saturated heterocycles. The third kappa shape index (κ3) is 3.33. The van der Waals surface area contributed by atoms with E-state index in [1.54, 1.807) is 11.3 Å². The standard InChI is InChI=1S/C10H13Br2NS/c11-9-5-8(14-10(9)12)6-13-4-3-7-1-2-7/h5,7,13H,1-4,6H2. The maximum Gasteiger partial charge on any atom is 0.0843 e. The lowest BCUT2D eigenvalue weighted by Crippen LogP contribution is -2.14. The molecule has 0 radical (unpaired) electrons. The Morgan fingerprint density at radius 3 is 2.79 bits per heavy atom. The van der Waals surface area contributed by atoms with E-state index in [0.717, 1.165) is 19.0 Å². The third-order valence-electron chi connectivity index (χ3n) is 2.42. The molecule has 1 aliphatic rings. The quantitative estimate of drug-likeness (QED) is 0.795. The van der Waals surface area contributed by atoms with Crippen LogP contribution in [0.1, 0.15) is 24.1 Å². The zero-order valence-electron chi connectivity index (χ0n) is 7.85. The van der Waals surface area contributed by atoms with Crippen molar-refractivity contribution in [1.29, 1.82) is 0 Å². The van der Waals surface area contributed by atoms with E-state index >= 15 is 0 Å². The highest BCUT2D eigenvalue weighted by Crippen LogP contribution is 2.33. The Hall–Kier alpha value is 0.620. The predicted octanol–water partition coefficient (Wildman–Crippen LogP) is 4.16. The normalized spacial score (nSPS) is 16.1. The van der Waals surface area contributed by atoms with Gasteiger partial charge in [0.05, 0.1) is 3.79 Å². The minimum atomic E-state index is 1.00. The molecule has 0 atom stereocenters. The van der Waals surface area contributed by atoms with Gasteiger partial charge in [0.15, 0.2) is 0 Å². The van der Waals surface area contributed by atoms with E-state index in [0.29, 0.717) is 0 Å². The Morgan fingerprint density at radius 2 is 2.21 bits per heavy atom. The number of rotatable bonds is 5. The van der Waals surface area contributed by atoms with E-state index in [2.05, 4.69) is 43.2 Å². The van der Waals surface area contributed by atoms with E-state index < -0.39 is 0 Å². The monoisotopic (exact) mass is 337 g/mol. The second-order valence-corrected chi connectivity index (χ2v) is 7.05. The van der Waals surface area contributed by atoms with Crippen LogP contribution >= 0.6 is 43.2 Å². The Balaban J connectivity index is 1.68. The molecule has 1 aromatic rings. The van der Waals surface area contributed by atoms with Crippen LogP contribution in [0.25, 0.3) is 0 Å². The molecule has 0 unspecified atom stereocenters. The second-order valence-electron chi connectivity index (χ2n) is 3.74. The first-order valence-corrected chi connectivity index (χ1v) is 7.30. The van der Waals surface area contributed by atoms with Crippen LogP contribution in [0.4, 0.5) is 0 Å². The fourth-order valence-corrected chi connectivity index (χ4v) is 3.55. The van der Waals surface area contributed by atoms with Gasteiger partial charge in [-0.15, -0.1) is 11.3 Å². The molecule has 1 nitrogen and oxygen atoms in total. The van der Waals surface area contributed by atoms with Crippen molar-refractivity contribution in [1.82, 2.24) is 5.32 Å². The number of thiophene rings is 1. The molecule has 1 aromatic heterocycles. The second kappa shape index (κ2) is 5.10. The lowest BCUT2D eigenvalue weighted by molar-refractivity contribution is 0.616. The molecule has 1 fully saturated rings. The molecule has 4 heteroatoms. The third-order valence-corrected chi connectivity index (χ3v) is 5.68. The van der Waals surface area contributed by atoms with Crippen LogP contribution in [0.2, 0.25) is 0 Å². The minimum absolute atomic E-state index is 1.00. The molecule has 2 rings (SSSR count). The van der Waals surface area contributed by atoms with Crippen molar-refractivity contribution in [3.63, 3.8) is 0 Å². The summed E-state index contributed by atoms with van der Waals surface area (Å²) in [6.45, 7) is 2.17. The van der Waals surface area contributed by atoms with E-state index in [1.807, 2.05) is 0 Å². The summed E-state index contributed by atoms with van der Waals surface area (Å²) < 4.78 is 2.36. The number of hydrogen-bond acceptors (Lipinski definition) is 2. The Bertz CT molecular complexity index is 288. The summed E-state index contributed by atoms with van der Waals surface area (Å²) in [6.07, 6.45) is 4.27. The molecule has 1 aliphatic carbocycles. The summed E-state index contributed by atoms with van der Waals surface area (Å²) >= 11 is 8.79. The summed E-state index contributed by atoms with van der Waals surface area (Å²) in [7, 11) is 0. The van der Waals surface area contributed by atoms with Crippen molar-refractivity contribution in [3.05, 3.63) is 19.2 Å². The van der Waals surface area contributed by atoms with Crippen molar-refractivity contribution in [3.8, 4) is 0 Å². The average molecular weight is 339 g/mol. The zero-order chi connectivity index (χ0) is 9.97. The van der Waals surface area contributed by atoms with Crippen LogP contribution in [-0.2, 0) is 6.54 Å². The van der Waals surface area contributed by atoms with Gasteiger partial charge >= 0.3 is 0 Å². The van der Waals surface area contributed by atoms with E-state index in [9.17, 15) is 0 Å². The first-order chi connectivity index (χ1) is 6.75. The molecular formula is C10H13Br2NS. The predicted molar refractivity (Wildman–Crippen MR) is 68.8 cm³/mol. The molecule has 0 aliphatic heterocycles. The van der Waals surface area contributed by atoms with Gasteiger partial charge in [-0.05, 0) is 56.8 Å².